The summed E-state index contributed by atoms with van der Waals surface area (Å²) in [4.78, 5) is 11.0. The molecular weight excluding hydrogens is 200 g/mol. The van der Waals surface area contributed by atoms with Gasteiger partial charge in [0.2, 0.25) is 5.91 Å². The molecule has 1 fully saturated rings. The fourth-order valence-electron chi connectivity index (χ4n) is 1.93. The summed E-state index contributed by atoms with van der Waals surface area (Å²) in [5, 5.41) is 21.7. The summed E-state index contributed by atoms with van der Waals surface area (Å²) in [7, 11) is 1.45. The number of nitrogens with two attached hydrogens (primary N) is 1. The van der Waals surface area contributed by atoms with E-state index in [1.807, 2.05) is 0 Å². The van der Waals surface area contributed by atoms with Crippen LogP contribution < -0.4 is 11.1 Å². The molecule has 5 N–H and O–H groups in total. The quantitative estimate of drug-likeness (QED) is 0.429. The third-order valence-corrected chi connectivity index (χ3v) is 2.97. The third-order valence-electron chi connectivity index (χ3n) is 2.97. The van der Waals surface area contributed by atoms with Crippen LogP contribution in [0.5, 0.6) is 0 Å². The van der Waals surface area contributed by atoms with E-state index in [0.29, 0.717) is 0 Å². The zero-order valence-electron chi connectivity index (χ0n) is 8.88. The standard InChI is InChI=1S/C9H18N2O4/c1-4(9(10)14)6-8(15-2)7(13)5(3-12)11-6/h4-8,11-13H,3H2,1-2H3,(H2,10,14). The first-order valence-corrected chi connectivity index (χ1v) is 4.90. The van der Waals surface area contributed by atoms with Crippen molar-refractivity contribution in [2.24, 2.45) is 11.7 Å². The first kappa shape index (κ1) is 12.4. The maximum atomic E-state index is 11.0. The average Bonchev–Trinajstić information content (AvgIpc) is 2.53. The van der Waals surface area contributed by atoms with Crippen LogP contribution in [0.1, 0.15) is 6.92 Å². The molecule has 0 saturated carbocycles. The van der Waals surface area contributed by atoms with Crippen LogP contribution in [0.25, 0.3) is 0 Å². The molecule has 1 amide bonds. The fourth-order valence-corrected chi connectivity index (χ4v) is 1.93. The highest BCUT2D eigenvalue weighted by atomic mass is 16.5. The number of aliphatic hydroxyl groups is 2. The number of aliphatic hydroxyl groups excluding tert-OH is 2. The van der Waals surface area contributed by atoms with Gasteiger partial charge in [-0.15, -0.1) is 0 Å². The Morgan fingerprint density at radius 1 is 1.67 bits per heavy atom. The van der Waals surface area contributed by atoms with Crippen LogP contribution in [0, 0.1) is 5.92 Å². The molecule has 1 rings (SSSR count). The molecule has 0 bridgehead atoms. The van der Waals surface area contributed by atoms with Gasteiger partial charge >= 0.3 is 0 Å². The van der Waals surface area contributed by atoms with Crippen molar-refractivity contribution >= 4 is 5.91 Å². The Morgan fingerprint density at radius 3 is 2.67 bits per heavy atom. The Bertz CT molecular complexity index is 236. The molecule has 1 aliphatic heterocycles. The maximum Gasteiger partial charge on any atom is 0.221 e. The normalized spacial score (nSPS) is 37.9. The first-order valence-electron chi connectivity index (χ1n) is 4.90. The fraction of sp³-hybridized carbons (Fsp3) is 0.889. The summed E-state index contributed by atoms with van der Waals surface area (Å²) in [5.74, 6) is -0.915. The van der Waals surface area contributed by atoms with Gasteiger partial charge in [-0.2, -0.15) is 0 Å². The molecule has 0 radical (unpaired) electrons. The van der Waals surface area contributed by atoms with Crippen LogP contribution >= 0.6 is 0 Å². The highest BCUT2D eigenvalue weighted by Crippen LogP contribution is 2.22. The second-order valence-corrected chi connectivity index (χ2v) is 3.86. The lowest BCUT2D eigenvalue weighted by Crippen LogP contribution is -2.45. The van der Waals surface area contributed by atoms with Gasteiger partial charge in [0.05, 0.1) is 24.7 Å². The van der Waals surface area contributed by atoms with Gasteiger partial charge in [0.25, 0.3) is 0 Å². The molecule has 0 aromatic rings. The van der Waals surface area contributed by atoms with Crippen molar-refractivity contribution in [2.75, 3.05) is 13.7 Å². The van der Waals surface area contributed by atoms with Gasteiger partial charge < -0.3 is 26.0 Å². The third kappa shape index (κ3) is 2.28. The number of carbonyl (C=O) groups is 1. The van der Waals surface area contributed by atoms with Crippen molar-refractivity contribution in [3.63, 3.8) is 0 Å². The molecule has 88 valence electrons. The van der Waals surface area contributed by atoms with Crippen LogP contribution in [0.15, 0.2) is 0 Å². The van der Waals surface area contributed by atoms with Crippen molar-refractivity contribution in [1.29, 1.82) is 0 Å². The van der Waals surface area contributed by atoms with E-state index < -0.39 is 30.1 Å². The summed E-state index contributed by atoms with van der Waals surface area (Å²) in [6, 6.07) is -0.832. The molecule has 6 heteroatoms. The van der Waals surface area contributed by atoms with Gasteiger partial charge in [-0.25, -0.2) is 0 Å². The van der Waals surface area contributed by atoms with Crippen LogP contribution in [0.3, 0.4) is 0 Å². The van der Waals surface area contributed by atoms with E-state index >= 15 is 0 Å². The number of hydrogen-bond acceptors (Lipinski definition) is 5. The number of ether oxygens (including phenoxy) is 1. The summed E-state index contributed by atoms with van der Waals surface area (Å²) in [6.07, 6.45) is -1.35. The van der Waals surface area contributed by atoms with Crippen molar-refractivity contribution in [2.45, 2.75) is 31.2 Å². The lowest BCUT2D eigenvalue weighted by molar-refractivity contribution is -0.123. The molecule has 15 heavy (non-hydrogen) atoms. The van der Waals surface area contributed by atoms with E-state index in [1.165, 1.54) is 7.11 Å². The van der Waals surface area contributed by atoms with Crippen LogP contribution in [0.2, 0.25) is 0 Å². The Labute approximate surface area is 88.4 Å². The molecule has 1 heterocycles. The Balaban J connectivity index is 2.76. The molecule has 1 aliphatic rings. The SMILES string of the molecule is COC1C(O)C(CO)NC1C(C)C(N)=O. The smallest absolute Gasteiger partial charge is 0.221 e. The monoisotopic (exact) mass is 218 g/mol. The number of carbonyl (C=O) groups excluding carboxylic acids is 1. The Morgan fingerprint density at radius 2 is 2.27 bits per heavy atom. The van der Waals surface area contributed by atoms with Gasteiger partial charge in [0.15, 0.2) is 0 Å². The molecule has 0 aromatic heterocycles. The largest absolute Gasteiger partial charge is 0.395 e. The van der Waals surface area contributed by atoms with E-state index in [4.69, 9.17) is 15.6 Å². The number of rotatable bonds is 4. The average molecular weight is 218 g/mol. The van der Waals surface area contributed by atoms with Crippen LogP contribution in [0.4, 0.5) is 0 Å². The van der Waals surface area contributed by atoms with Crippen molar-refractivity contribution in [1.82, 2.24) is 5.32 Å². The van der Waals surface area contributed by atoms with Crippen molar-refractivity contribution < 1.29 is 19.7 Å². The van der Waals surface area contributed by atoms with Crippen LogP contribution in [-0.4, -0.2) is 54.1 Å². The first-order chi connectivity index (χ1) is 7.02. The van der Waals surface area contributed by atoms with Gasteiger partial charge in [-0.1, -0.05) is 6.92 Å². The molecule has 5 unspecified atom stereocenters. The summed E-state index contributed by atoms with van der Waals surface area (Å²) in [5.41, 5.74) is 5.19. The van der Waals surface area contributed by atoms with Gasteiger partial charge in [0, 0.05) is 13.2 Å². The minimum Gasteiger partial charge on any atom is -0.395 e. The molecule has 0 spiro atoms. The van der Waals surface area contributed by atoms with Crippen LogP contribution in [-0.2, 0) is 9.53 Å². The molecular formula is C9H18N2O4. The minimum atomic E-state index is -0.827. The highest BCUT2D eigenvalue weighted by Gasteiger charge is 2.45. The predicted molar refractivity (Wildman–Crippen MR) is 53.0 cm³/mol. The van der Waals surface area contributed by atoms with E-state index in [9.17, 15) is 9.90 Å². The number of methoxy groups -OCH3 is 1. The van der Waals surface area contributed by atoms with Gasteiger partial charge in [-0.3, -0.25) is 4.79 Å². The molecule has 1 saturated heterocycles. The highest BCUT2D eigenvalue weighted by molar-refractivity contribution is 5.77. The summed E-state index contributed by atoms with van der Waals surface area (Å²) >= 11 is 0. The second-order valence-electron chi connectivity index (χ2n) is 3.86. The van der Waals surface area contributed by atoms with E-state index in [2.05, 4.69) is 5.32 Å². The zero-order chi connectivity index (χ0) is 11.6. The summed E-state index contributed by atoms with van der Waals surface area (Å²) < 4.78 is 5.11. The number of hydrogen-bond donors (Lipinski definition) is 4. The molecule has 5 atom stereocenters. The summed E-state index contributed by atoms with van der Waals surface area (Å²) in [6.45, 7) is 1.46. The van der Waals surface area contributed by atoms with Gasteiger partial charge in [0.1, 0.15) is 6.10 Å². The zero-order valence-corrected chi connectivity index (χ0v) is 8.88. The second kappa shape index (κ2) is 4.89. The Kier molecular flexibility index (Phi) is 4.04. The number of nitrogens with one attached hydrogen (secondary N) is 1. The van der Waals surface area contributed by atoms with Crippen molar-refractivity contribution in [3.05, 3.63) is 0 Å². The topological polar surface area (TPSA) is 105 Å². The van der Waals surface area contributed by atoms with Gasteiger partial charge in [-0.05, 0) is 0 Å². The lowest BCUT2D eigenvalue weighted by atomic mass is 9.96. The number of primary amides is 1. The molecule has 0 aromatic carbocycles. The minimum absolute atomic E-state index is 0.205. The lowest BCUT2D eigenvalue weighted by Gasteiger charge is -2.23. The van der Waals surface area contributed by atoms with E-state index in [-0.39, 0.29) is 12.6 Å². The predicted octanol–water partition coefficient (Wildman–Crippen LogP) is -2.18. The van der Waals surface area contributed by atoms with Crippen molar-refractivity contribution in [3.8, 4) is 0 Å². The maximum absolute atomic E-state index is 11.0. The number of amides is 1. The molecule has 0 aliphatic carbocycles. The van der Waals surface area contributed by atoms with E-state index in [0.717, 1.165) is 0 Å². The molecule has 6 nitrogen and oxygen atoms in total. The van der Waals surface area contributed by atoms with E-state index in [1.54, 1.807) is 6.92 Å². The Hall–Kier alpha value is -0.690.